The Balaban J connectivity index is 1.65. The molecule has 1 aliphatic heterocycles. The summed E-state index contributed by atoms with van der Waals surface area (Å²) in [5.74, 6) is 0. The van der Waals surface area contributed by atoms with Crippen molar-refractivity contribution in [2.45, 2.75) is 40.0 Å². The first-order valence-electron chi connectivity index (χ1n) is 9.73. The molecule has 2 amide bonds. The van der Waals surface area contributed by atoms with E-state index in [4.69, 9.17) is 0 Å². The number of aryl methyl sites for hydroxylation is 2. The van der Waals surface area contributed by atoms with Crippen LogP contribution in [0.1, 0.15) is 37.5 Å². The summed E-state index contributed by atoms with van der Waals surface area (Å²) < 4.78 is 0. The maximum absolute atomic E-state index is 12.8. The van der Waals surface area contributed by atoms with Gasteiger partial charge in [-0.1, -0.05) is 51.1 Å². The summed E-state index contributed by atoms with van der Waals surface area (Å²) in [5, 5.41) is 3.13. The molecule has 144 valence electrons. The van der Waals surface area contributed by atoms with E-state index < -0.39 is 0 Å². The SMILES string of the molecule is Cc1ccc(C)c(N2CCN(C(=O)Nc3ccccc3C(C)(C)C)CC2)c1. The molecule has 0 bridgehead atoms. The number of para-hydroxylation sites is 1. The molecule has 0 saturated carbocycles. The highest BCUT2D eigenvalue weighted by atomic mass is 16.2. The number of carbonyl (C=O) groups excluding carboxylic acids is 1. The summed E-state index contributed by atoms with van der Waals surface area (Å²) >= 11 is 0. The van der Waals surface area contributed by atoms with Gasteiger partial charge in [-0.2, -0.15) is 0 Å². The number of benzene rings is 2. The van der Waals surface area contributed by atoms with Crippen LogP contribution in [0.15, 0.2) is 42.5 Å². The Hall–Kier alpha value is -2.49. The fourth-order valence-corrected chi connectivity index (χ4v) is 3.65. The monoisotopic (exact) mass is 365 g/mol. The standard InChI is InChI=1S/C23H31N3O/c1-17-10-11-18(2)21(16-17)25-12-14-26(15-13-25)22(27)24-20-9-7-6-8-19(20)23(3,4)5/h6-11,16H,12-15H2,1-5H3,(H,24,27). The quantitative estimate of drug-likeness (QED) is 0.817. The smallest absolute Gasteiger partial charge is 0.321 e. The molecular formula is C23H31N3O. The molecule has 4 nitrogen and oxygen atoms in total. The fourth-order valence-electron chi connectivity index (χ4n) is 3.65. The van der Waals surface area contributed by atoms with Crippen LogP contribution in [0.2, 0.25) is 0 Å². The summed E-state index contributed by atoms with van der Waals surface area (Å²) in [4.78, 5) is 17.1. The predicted molar refractivity (Wildman–Crippen MR) is 114 cm³/mol. The number of amides is 2. The Morgan fingerprint density at radius 3 is 2.30 bits per heavy atom. The minimum atomic E-state index is -0.00866. The van der Waals surface area contributed by atoms with Gasteiger partial charge < -0.3 is 15.1 Å². The molecule has 27 heavy (non-hydrogen) atoms. The third kappa shape index (κ3) is 4.44. The zero-order valence-corrected chi connectivity index (χ0v) is 17.2. The Labute approximate surface area is 163 Å². The topological polar surface area (TPSA) is 35.6 Å². The second-order valence-electron chi connectivity index (χ2n) is 8.49. The molecule has 0 spiro atoms. The van der Waals surface area contributed by atoms with Gasteiger partial charge in [0.15, 0.2) is 0 Å². The van der Waals surface area contributed by atoms with Crippen LogP contribution < -0.4 is 10.2 Å². The van der Waals surface area contributed by atoms with Crippen molar-refractivity contribution in [2.24, 2.45) is 0 Å². The maximum atomic E-state index is 12.8. The fraction of sp³-hybridized carbons (Fsp3) is 0.435. The molecule has 1 saturated heterocycles. The van der Waals surface area contributed by atoms with Crippen LogP contribution in [0, 0.1) is 13.8 Å². The van der Waals surface area contributed by atoms with Crippen LogP contribution in [-0.4, -0.2) is 37.1 Å². The van der Waals surface area contributed by atoms with Gasteiger partial charge in [-0.15, -0.1) is 0 Å². The van der Waals surface area contributed by atoms with Gasteiger partial charge >= 0.3 is 6.03 Å². The van der Waals surface area contributed by atoms with Crippen LogP contribution in [0.3, 0.4) is 0 Å². The van der Waals surface area contributed by atoms with Crippen molar-refractivity contribution >= 4 is 17.4 Å². The second-order valence-corrected chi connectivity index (χ2v) is 8.49. The highest BCUT2D eigenvalue weighted by Gasteiger charge is 2.24. The van der Waals surface area contributed by atoms with Crippen molar-refractivity contribution in [2.75, 3.05) is 36.4 Å². The van der Waals surface area contributed by atoms with Crippen molar-refractivity contribution in [3.05, 3.63) is 59.2 Å². The molecule has 4 heteroatoms. The van der Waals surface area contributed by atoms with Crippen molar-refractivity contribution < 1.29 is 4.79 Å². The number of nitrogens with one attached hydrogen (secondary N) is 1. The molecule has 1 N–H and O–H groups in total. The van der Waals surface area contributed by atoms with E-state index in [2.05, 4.69) is 69.1 Å². The lowest BCUT2D eigenvalue weighted by atomic mass is 9.86. The number of piperazine rings is 1. The number of urea groups is 1. The van der Waals surface area contributed by atoms with Gasteiger partial charge in [0, 0.05) is 37.6 Å². The number of hydrogen-bond donors (Lipinski definition) is 1. The van der Waals surface area contributed by atoms with Crippen molar-refractivity contribution in [3.8, 4) is 0 Å². The number of nitrogens with zero attached hydrogens (tertiary/aromatic N) is 2. The van der Waals surface area contributed by atoms with Gasteiger partial charge in [0.05, 0.1) is 0 Å². The molecule has 1 fully saturated rings. The zero-order chi connectivity index (χ0) is 19.6. The van der Waals surface area contributed by atoms with E-state index in [-0.39, 0.29) is 11.4 Å². The van der Waals surface area contributed by atoms with E-state index in [1.54, 1.807) is 0 Å². The number of rotatable bonds is 2. The summed E-state index contributed by atoms with van der Waals surface area (Å²) in [6.07, 6.45) is 0. The minimum absolute atomic E-state index is 0.00712. The van der Waals surface area contributed by atoms with Crippen molar-refractivity contribution in [3.63, 3.8) is 0 Å². The average molecular weight is 366 g/mol. The summed E-state index contributed by atoms with van der Waals surface area (Å²) in [7, 11) is 0. The molecular weight excluding hydrogens is 334 g/mol. The van der Waals surface area contributed by atoms with Gasteiger partial charge in [-0.25, -0.2) is 4.79 Å². The van der Waals surface area contributed by atoms with E-state index in [9.17, 15) is 4.79 Å². The lowest BCUT2D eigenvalue weighted by Gasteiger charge is -2.37. The highest BCUT2D eigenvalue weighted by molar-refractivity contribution is 5.90. The first-order chi connectivity index (χ1) is 12.8. The Bertz CT molecular complexity index is 815. The summed E-state index contributed by atoms with van der Waals surface area (Å²) in [5.41, 5.74) is 5.91. The number of carbonyl (C=O) groups is 1. The van der Waals surface area contributed by atoms with Crippen molar-refractivity contribution in [1.82, 2.24) is 4.90 Å². The van der Waals surface area contributed by atoms with E-state index in [1.807, 2.05) is 23.1 Å². The van der Waals surface area contributed by atoms with Crippen LogP contribution in [-0.2, 0) is 5.41 Å². The molecule has 0 atom stereocenters. The van der Waals surface area contributed by atoms with Crippen LogP contribution in [0.25, 0.3) is 0 Å². The third-order valence-electron chi connectivity index (χ3n) is 5.25. The van der Waals surface area contributed by atoms with E-state index in [1.165, 1.54) is 16.8 Å². The molecule has 0 radical (unpaired) electrons. The molecule has 3 rings (SSSR count). The van der Waals surface area contributed by atoms with E-state index >= 15 is 0 Å². The Kier molecular flexibility index (Phi) is 5.45. The predicted octanol–water partition coefficient (Wildman–Crippen LogP) is 4.96. The normalized spacial score (nSPS) is 15.0. The van der Waals surface area contributed by atoms with Crippen LogP contribution in [0.4, 0.5) is 16.2 Å². The molecule has 0 unspecified atom stereocenters. The van der Waals surface area contributed by atoms with E-state index in [0.717, 1.165) is 37.4 Å². The Morgan fingerprint density at radius 2 is 1.63 bits per heavy atom. The zero-order valence-electron chi connectivity index (χ0n) is 17.2. The molecule has 2 aromatic rings. The summed E-state index contributed by atoms with van der Waals surface area (Å²) in [6.45, 7) is 14.0. The van der Waals surface area contributed by atoms with Gasteiger partial charge in [0.2, 0.25) is 0 Å². The maximum Gasteiger partial charge on any atom is 0.321 e. The molecule has 0 aliphatic carbocycles. The average Bonchev–Trinajstić information content (AvgIpc) is 2.63. The van der Waals surface area contributed by atoms with E-state index in [0.29, 0.717) is 0 Å². The summed E-state index contributed by atoms with van der Waals surface area (Å²) in [6, 6.07) is 14.6. The molecule has 0 aromatic heterocycles. The molecule has 2 aromatic carbocycles. The first-order valence-corrected chi connectivity index (χ1v) is 9.73. The van der Waals surface area contributed by atoms with Crippen LogP contribution in [0.5, 0.6) is 0 Å². The first kappa shape index (κ1) is 19.3. The molecule has 1 aliphatic rings. The number of hydrogen-bond acceptors (Lipinski definition) is 2. The second kappa shape index (κ2) is 7.63. The van der Waals surface area contributed by atoms with Gasteiger partial charge in [-0.05, 0) is 48.1 Å². The lowest BCUT2D eigenvalue weighted by Crippen LogP contribution is -2.50. The molecule has 1 heterocycles. The Morgan fingerprint density at radius 1 is 0.963 bits per heavy atom. The van der Waals surface area contributed by atoms with Crippen molar-refractivity contribution in [1.29, 1.82) is 0 Å². The van der Waals surface area contributed by atoms with Gasteiger partial charge in [-0.3, -0.25) is 0 Å². The largest absolute Gasteiger partial charge is 0.368 e. The number of anilines is 2. The highest BCUT2D eigenvalue weighted by Crippen LogP contribution is 2.29. The van der Waals surface area contributed by atoms with Gasteiger partial charge in [0.1, 0.15) is 0 Å². The third-order valence-corrected chi connectivity index (χ3v) is 5.25. The lowest BCUT2D eigenvalue weighted by molar-refractivity contribution is 0.208. The van der Waals surface area contributed by atoms with Crippen LogP contribution >= 0.6 is 0 Å². The van der Waals surface area contributed by atoms with Gasteiger partial charge in [0.25, 0.3) is 0 Å². The minimum Gasteiger partial charge on any atom is -0.368 e.